The van der Waals surface area contributed by atoms with Crippen LogP contribution >= 0.6 is 0 Å². The van der Waals surface area contributed by atoms with E-state index in [0.717, 1.165) is 5.70 Å². The first-order chi connectivity index (χ1) is 6.98. The molecule has 3 heteroatoms. The number of carbonyl (C=O) groups excluding carboxylic acids is 1. The van der Waals surface area contributed by atoms with Crippen LogP contribution in [0.5, 0.6) is 0 Å². The SMILES string of the molecule is CN1CC2=CC(C)(C)C=CC=C2NC1=O. The Morgan fingerprint density at radius 1 is 1.47 bits per heavy atom. The van der Waals surface area contributed by atoms with Crippen molar-refractivity contribution in [1.29, 1.82) is 0 Å². The molecule has 0 spiro atoms. The predicted octanol–water partition coefficient (Wildman–Crippen LogP) is 2.05. The zero-order valence-electron chi connectivity index (χ0n) is 9.37. The molecule has 2 amide bonds. The minimum Gasteiger partial charge on any atom is -0.323 e. The van der Waals surface area contributed by atoms with Gasteiger partial charge in [0, 0.05) is 24.7 Å². The molecule has 80 valence electrons. The molecule has 1 saturated heterocycles. The normalized spacial score (nSPS) is 23.7. The molecule has 0 aromatic heterocycles. The number of nitrogens with one attached hydrogen (secondary N) is 1. The highest BCUT2D eigenvalue weighted by atomic mass is 16.2. The molecule has 2 aliphatic rings. The fourth-order valence-electron chi connectivity index (χ4n) is 1.87. The molecule has 3 nitrogen and oxygen atoms in total. The Morgan fingerprint density at radius 3 is 2.93 bits per heavy atom. The first-order valence-corrected chi connectivity index (χ1v) is 5.12. The monoisotopic (exact) mass is 204 g/mol. The Labute approximate surface area is 90.1 Å². The third-order valence-corrected chi connectivity index (χ3v) is 2.68. The molecule has 1 aliphatic carbocycles. The number of rotatable bonds is 0. The van der Waals surface area contributed by atoms with E-state index in [0.29, 0.717) is 6.54 Å². The Kier molecular flexibility index (Phi) is 2.18. The van der Waals surface area contributed by atoms with Crippen molar-refractivity contribution in [2.45, 2.75) is 13.8 Å². The van der Waals surface area contributed by atoms with Gasteiger partial charge in [-0.25, -0.2) is 4.79 Å². The maximum atomic E-state index is 11.4. The van der Waals surface area contributed by atoms with Crippen molar-refractivity contribution in [2.24, 2.45) is 5.41 Å². The summed E-state index contributed by atoms with van der Waals surface area (Å²) in [6.07, 6.45) is 8.31. The lowest BCUT2D eigenvalue weighted by Crippen LogP contribution is -2.44. The van der Waals surface area contributed by atoms with Crippen LogP contribution in [0, 0.1) is 5.41 Å². The summed E-state index contributed by atoms with van der Waals surface area (Å²) in [7, 11) is 1.80. The van der Waals surface area contributed by atoms with Crippen LogP contribution in [0.25, 0.3) is 0 Å². The molecular weight excluding hydrogens is 188 g/mol. The summed E-state index contributed by atoms with van der Waals surface area (Å²) in [5, 5.41) is 2.87. The van der Waals surface area contributed by atoms with E-state index in [4.69, 9.17) is 0 Å². The second-order valence-electron chi connectivity index (χ2n) is 4.72. The summed E-state index contributed by atoms with van der Waals surface area (Å²) in [5.74, 6) is 0. The van der Waals surface area contributed by atoms with E-state index in [9.17, 15) is 4.79 Å². The van der Waals surface area contributed by atoms with E-state index in [1.165, 1.54) is 5.57 Å². The quantitative estimate of drug-likeness (QED) is 0.643. The predicted molar refractivity (Wildman–Crippen MR) is 60.2 cm³/mol. The number of likely N-dealkylation sites (N-methyl/N-ethyl adjacent to an activating group) is 1. The Balaban J connectivity index is 2.37. The van der Waals surface area contributed by atoms with Crippen LogP contribution in [-0.2, 0) is 0 Å². The fourth-order valence-corrected chi connectivity index (χ4v) is 1.87. The number of fused-ring (bicyclic) bond motifs is 1. The summed E-state index contributed by atoms with van der Waals surface area (Å²) in [4.78, 5) is 13.1. The van der Waals surface area contributed by atoms with Gasteiger partial charge in [-0.1, -0.05) is 32.1 Å². The van der Waals surface area contributed by atoms with E-state index in [1.807, 2.05) is 12.2 Å². The smallest absolute Gasteiger partial charge is 0.321 e. The molecule has 2 rings (SSSR count). The van der Waals surface area contributed by atoms with Crippen molar-refractivity contribution in [3.05, 3.63) is 35.6 Å². The number of carbonyl (C=O) groups is 1. The second kappa shape index (κ2) is 3.26. The van der Waals surface area contributed by atoms with Crippen molar-refractivity contribution in [1.82, 2.24) is 10.2 Å². The molecule has 0 bridgehead atoms. The van der Waals surface area contributed by atoms with Gasteiger partial charge in [0.1, 0.15) is 0 Å². The van der Waals surface area contributed by atoms with E-state index in [1.54, 1.807) is 11.9 Å². The molecule has 0 saturated carbocycles. The zero-order valence-corrected chi connectivity index (χ0v) is 9.37. The van der Waals surface area contributed by atoms with Crippen molar-refractivity contribution in [3.8, 4) is 0 Å². The number of amides is 2. The number of nitrogens with zero attached hydrogens (tertiary/aromatic N) is 1. The molecule has 1 heterocycles. The minimum absolute atomic E-state index is 0.0356. The van der Waals surface area contributed by atoms with Crippen molar-refractivity contribution in [2.75, 3.05) is 13.6 Å². The van der Waals surface area contributed by atoms with E-state index >= 15 is 0 Å². The summed E-state index contributed by atoms with van der Waals surface area (Å²) >= 11 is 0. The largest absolute Gasteiger partial charge is 0.323 e. The first kappa shape index (κ1) is 10.0. The van der Waals surface area contributed by atoms with Gasteiger partial charge in [-0.3, -0.25) is 0 Å². The molecule has 1 aliphatic heterocycles. The average molecular weight is 204 g/mol. The third kappa shape index (κ3) is 1.96. The lowest BCUT2D eigenvalue weighted by molar-refractivity contribution is 0.211. The Morgan fingerprint density at radius 2 is 2.20 bits per heavy atom. The van der Waals surface area contributed by atoms with Gasteiger partial charge in [0.15, 0.2) is 0 Å². The van der Waals surface area contributed by atoms with E-state index in [2.05, 4.69) is 31.3 Å². The summed E-state index contributed by atoms with van der Waals surface area (Å²) in [6.45, 7) is 5.00. The van der Waals surface area contributed by atoms with Crippen LogP contribution in [0.1, 0.15) is 13.8 Å². The molecule has 15 heavy (non-hydrogen) atoms. The molecule has 1 fully saturated rings. The first-order valence-electron chi connectivity index (χ1n) is 5.12. The Hall–Kier alpha value is -1.51. The molecular formula is C12H16N2O. The molecule has 0 aromatic carbocycles. The van der Waals surface area contributed by atoms with Crippen LogP contribution < -0.4 is 5.32 Å². The number of hydrogen-bond donors (Lipinski definition) is 1. The van der Waals surface area contributed by atoms with Gasteiger partial charge >= 0.3 is 6.03 Å². The summed E-state index contributed by atoms with van der Waals surface area (Å²) in [6, 6.07) is -0.0356. The van der Waals surface area contributed by atoms with Gasteiger partial charge in [-0.2, -0.15) is 0 Å². The van der Waals surface area contributed by atoms with E-state index < -0.39 is 0 Å². The average Bonchev–Trinajstić information content (AvgIpc) is 2.24. The highest BCUT2D eigenvalue weighted by Gasteiger charge is 2.24. The number of hydrogen-bond acceptors (Lipinski definition) is 1. The van der Waals surface area contributed by atoms with Gasteiger partial charge in [0.25, 0.3) is 0 Å². The third-order valence-electron chi connectivity index (χ3n) is 2.68. The van der Waals surface area contributed by atoms with Crippen molar-refractivity contribution >= 4 is 6.03 Å². The zero-order chi connectivity index (χ0) is 11.1. The van der Waals surface area contributed by atoms with E-state index in [-0.39, 0.29) is 11.4 Å². The van der Waals surface area contributed by atoms with Crippen LogP contribution in [-0.4, -0.2) is 24.5 Å². The summed E-state index contributed by atoms with van der Waals surface area (Å²) < 4.78 is 0. The summed E-state index contributed by atoms with van der Waals surface area (Å²) in [5.41, 5.74) is 2.17. The van der Waals surface area contributed by atoms with Gasteiger partial charge in [0.2, 0.25) is 0 Å². The van der Waals surface area contributed by atoms with Crippen molar-refractivity contribution in [3.63, 3.8) is 0 Å². The van der Waals surface area contributed by atoms with Gasteiger partial charge in [-0.15, -0.1) is 0 Å². The molecule has 0 radical (unpaired) electrons. The van der Waals surface area contributed by atoms with Crippen LogP contribution in [0.15, 0.2) is 35.6 Å². The standard InChI is InChI=1S/C12H16N2O/c1-12(2)6-4-5-10-9(7-12)8-14(3)11(15)13-10/h4-7H,8H2,1-3H3,(H,13,15). The van der Waals surface area contributed by atoms with Crippen LogP contribution in [0.3, 0.4) is 0 Å². The Bertz CT molecular complexity index is 388. The molecule has 0 atom stereocenters. The van der Waals surface area contributed by atoms with Gasteiger partial charge < -0.3 is 10.2 Å². The highest BCUT2D eigenvalue weighted by molar-refractivity contribution is 5.79. The van der Waals surface area contributed by atoms with Crippen molar-refractivity contribution < 1.29 is 4.79 Å². The van der Waals surface area contributed by atoms with Crippen LogP contribution in [0.4, 0.5) is 4.79 Å². The van der Waals surface area contributed by atoms with Gasteiger partial charge in [-0.05, 0) is 11.6 Å². The molecule has 0 unspecified atom stereocenters. The maximum Gasteiger partial charge on any atom is 0.321 e. The second-order valence-corrected chi connectivity index (χ2v) is 4.72. The molecule has 1 N–H and O–H groups in total. The fraction of sp³-hybridized carbons (Fsp3) is 0.417. The minimum atomic E-state index is -0.0356. The van der Waals surface area contributed by atoms with Gasteiger partial charge in [0.05, 0.1) is 0 Å². The number of allylic oxidation sites excluding steroid dienone is 4. The maximum absolute atomic E-state index is 11.4. The van der Waals surface area contributed by atoms with Crippen LogP contribution in [0.2, 0.25) is 0 Å². The lowest BCUT2D eigenvalue weighted by Gasteiger charge is -2.29. The number of urea groups is 1. The lowest BCUT2D eigenvalue weighted by atomic mass is 9.90. The topological polar surface area (TPSA) is 32.3 Å². The molecule has 0 aromatic rings. The highest BCUT2D eigenvalue weighted by Crippen LogP contribution is 2.28.